The summed E-state index contributed by atoms with van der Waals surface area (Å²) in [4.78, 5) is 55.7. The Bertz CT molecular complexity index is 1370. The lowest BCUT2D eigenvalue weighted by Crippen LogP contribution is -2.53. The zero-order valence-electron chi connectivity index (χ0n) is 28.3. The first-order valence-electron chi connectivity index (χ1n) is 15.7. The van der Waals surface area contributed by atoms with Gasteiger partial charge in [-0.2, -0.15) is 0 Å². The summed E-state index contributed by atoms with van der Waals surface area (Å²) in [7, 11) is -1.84. The monoisotopic (exact) mass is 654 g/mol. The molecule has 0 aliphatic carbocycles. The van der Waals surface area contributed by atoms with Crippen LogP contribution in [-0.2, 0) is 30.0 Å². The van der Waals surface area contributed by atoms with E-state index in [9.17, 15) is 19.2 Å². The number of thiophene rings is 1. The predicted molar refractivity (Wildman–Crippen MR) is 183 cm³/mol. The van der Waals surface area contributed by atoms with Crippen LogP contribution in [0.1, 0.15) is 81.4 Å². The van der Waals surface area contributed by atoms with Crippen LogP contribution in [0.25, 0.3) is 6.08 Å². The highest BCUT2D eigenvalue weighted by Gasteiger charge is 2.40. The van der Waals surface area contributed by atoms with Gasteiger partial charge in [0.15, 0.2) is 8.32 Å². The van der Waals surface area contributed by atoms with Gasteiger partial charge in [0.05, 0.1) is 4.88 Å². The summed E-state index contributed by atoms with van der Waals surface area (Å²) < 4.78 is 11.9. The van der Waals surface area contributed by atoms with Crippen LogP contribution in [0.5, 0.6) is 0 Å². The maximum Gasteiger partial charge on any atom is 0.329 e. The third kappa shape index (κ3) is 10.5. The van der Waals surface area contributed by atoms with Crippen molar-refractivity contribution in [3.05, 3.63) is 63.9 Å². The first kappa shape index (κ1) is 36.4. The molecule has 1 aromatic carbocycles. The molecule has 0 radical (unpaired) electrons. The third-order valence-electron chi connectivity index (χ3n) is 8.25. The molecule has 1 saturated heterocycles. The molecular weight excluding hydrogens is 605 g/mol. The average Bonchev–Trinajstić information content (AvgIpc) is 3.63. The van der Waals surface area contributed by atoms with Crippen molar-refractivity contribution in [1.82, 2.24) is 10.2 Å². The molecule has 2 heterocycles. The molecule has 45 heavy (non-hydrogen) atoms. The predicted octanol–water partition coefficient (Wildman–Crippen LogP) is 6.66. The number of carbonyl (C=O) groups is 4. The van der Waals surface area contributed by atoms with Crippen LogP contribution in [0.3, 0.4) is 0 Å². The molecular formula is C35H50N2O6SSi. The van der Waals surface area contributed by atoms with E-state index < -0.39 is 49.6 Å². The van der Waals surface area contributed by atoms with Crippen LogP contribution in [0.2, 0.25) is 18.1 Å². The number of nitrogens with zero attached hydrogens (tertiary/aromatic N) is 1. The highest BCUT2D eigenvalue weighted by atomic mass is 32.1. The van der Waals surface area contributed by atoms with Gasteiger partial charge >= 0.3 is 5.97 Å². The number of rotatable bonds is 12. The highest BCUT2D eigenvalue weighted by molar-refractivity contribution is 7.15. The van der Waals surface area contributed by atoms with Crippen molar-refractivity contribution in [2.24, 2.45) is 5.92 Å². The molecule has 0 saturated carbocycles. The SMILES string of the molecule is C[C@@H](/C=C/c1ccc(C(=O)C(=O)N2CCCC2C(=O)NC(Cc2ccccc2)C(=O)OC(C)(C)C)s1)CO[Si](C)(C)C(C)(C)C. The molecule has 8 nitrogen and oxygen atoms in total. The Kier molecular flexibility index (Phi) is 12.1. The van der Waals surface area contributed by atoms with Gasteiger partial charge in [-0.1, -0.05) is 64.1 Å². The molecule has 246 valence electrons. The zero-order valence-corrected chi connectivity index (χ0v) is 30.1. The van der Waals surface area contributed by atoms with Gasteiger partial charge in [-0.25, -0.2) is 4.79 Å². The third-order valence-corrected chi connectivity index (χ3v) is 13.8. The lowest BCUT2D eigenvalue weighted by molar-refractivity contribution is -0.159. The summed E-state index contributed by atoms with van der Waals surface area (Å²) in [5, 5.41) is 2.96. The van der Waals surface area contributed by atoms with Crippen LogP contribution in [-0.4, -0.2) is 67.6 Å². The van der Waals surface area contributed by atoms with Crippen molar-refractivity contribution in [3.63, 3.8) is 0 Å². The second kappa shape index (κ2) is 15.0. The van der Waals surface area contributed by atoms with E-state index in [1.165, 1.54) is 16.2 Å². The van der Waals surface area contributed by atoms with Crippen LogP contribution >= 0.6 is 11.3 Å². The van der Waals surface area contributed by atoms with Gasteiger partial charge in [-0.05, 0) is 81.4 Å². The number of likely N-dealkylation sites (tertiary alicyclic amines) is 1. The van der Waals surface area contributed by atoms with E-state index in [2.05, 4.69) is 52.2 Å². The minimum atomic E-state index is -1.84. The fourth-order valence-electron chi connectivity index (χ4n) is 4.64. The number of nitrogens with one attached hydrogen (secondary N) is 1. The molecule has 3 rings (SSSR count). The number of amides is 2. The number of Topliss-reactive ketones (excluding diaryl/α,β-unsaturated/α-hetero) is 1. The van der Waals surface area contributed by atoms with E-state index in [1.807, 2.05) is 42.5 Å². The fraction of sp³-hybridized carbons (Fsp3) is 0.543. The number of ether oxygens (including phenoxy) is 1. The standard InChI is InChI=1S/C35H50N2O6SSi/c1-24(23-42-45(8,9)35(5,6)7)17-18-26-19-20-29(44-26)30(38)32(40)37-21-13-16-28(37)31(39)36-27(33(41)43-34(2,3)4)22-25-14-11-10-12-15-25/h10-12,14-15,17-20,24,27-28H,13,16,21-23H2,1-9H3,(H,36,39)/b18-17+/t24-,27?,28?/m0/s1. The molecule has 3 atom stereocenters. The molecule has 1 aliphatic heterocycles. The lowest BCUT2D eigenvalue weighted by atomic mass is 10.0. The Labute approximate surface area is 273 Å². The zero-order chi connectivity index (χ0) is 33.6. The minimum absolute atomic E-state index is 0.142. The van der Waals surface area contributed by atoms with Gasteiger partial charge in [0.25, 0.3) is 11.7 Å². The highest BCUT2D eigenvalue weighted by Crippen LogP contribution is 2.37. The largest absolute Gasteiger partial charge is 0.458 e. The molecule has 1 N–H and O–H groups in total. The van der Waals surface area contributed by atoms with Crippen molar-refractivity contribution >= 4 is 49.3 Å². The quantitative estimate of drug-likeness (QED) is 0.119. The van der Waals surface area contributed by atoms with Gasteiger partial charge in [0, 0.05) is 24.4 Å². The first-order chi connectivity index (χ1) is 20.9. The maximum absolute atomic E-state index is 13.5. The van der Waals surface area contributed by atoms with Gasteiger partial charge in [-0.15, -0.1) is 11.3 Å². The molecule has 2 amide bonds. The van der Waals surface area contributed by atoms with Gasteiger partial charge < -0.3 is 19.4 Å². The molecule has 2 unspecified atom stereocenters. The maximum atomic E-state index is 13.5. The molecule has 10 heteroatoms. The smallest absolute Gasteiger partial charge is 0.329 e. The van der Waals surface area contributed by atoms with Crippen LogP contribution in [0.4, 0.5) is 0 Å². The fourth-order valence-corrected chi connectivity index (χ4v) is 6.60. The van der Waals surface area contributed by atoms with Crippen LogP contribution < -0.4 is 5.32 Å². The van der Waals surface area contributed by atoms with Gasteiger partial charge in [0.1, 0.15) is 17.7 Å². The Morgan fingerprint density at radius 2 is 1.71 bits per heavy atom. The Morgan fingerprint density at radius 3 is 2.33 bits per heavy atom. The lowest BCUT2D eigenvalue weighted by Gasteiger charge is -2.36. The molecule has 0 spiro atoms. The summed E-state index contributed by atoms with van der Waals surface area (Å²) >= 11 is 1.25. The topological polar surface area (TPSA) is 102 Å². The van der Waals surface area contributed by atoms with E-state index in [1.54, 1.807) is 26.8 Å². The number of ketones is 1. The first-order valence-corrected chi connectivity index (χ1v) is 19.4. The van der Waals surface area contributed by atoms with Crippen LogP contribution in [0.15, 0.2) is 48.5 Å². The normalized spacial score (nSPS) is 17.3. The van der Waals surface area contributed by atoms with Gasteiger partial charge in [-0.3, -0.25) is 14.4 Å². The second-order valence-electron chi connectivity index (χ2n) is 14.4. The van der Waals surface area contributed by atoms with E-state index in [0.717, 1.165) is 10.4 Å². The van der Waals surface area contributed by atoms with Crippen LogP contribution in [0, 0.1) is 5.92 Å². The molecule has 0 bridgehead atoms. The van der Waals surface area contributed by atoms with E-state index in [4.69, 9.17) is 9.16 Å². The summed E-state index contributed by atoms with van der Waals surface area (Å²) in [6.07, 6.45) is 5.26. The summed E-state index contributed by atoms with van der Waals surface area (Å²) in [6.45, 7) is 19.4. The molecule has 1 fully saturated rings. The summed E-state index contributed by atoms with van der Waals surface area (Å²) in [6, 6.07) is 11.1. The summed E-state index contributed by atoms with van der Waals surface area (Å²) in [5.74, 6) is -2.17. The van der Waals surface area contributed by atoms with E-state index in [-0.39, 0.29) is 17.4 Å². The van der Waals surface area contributed by atoms with Crippen molar-refractivity contribution in [2.45, 2.75) is 104 Å². The van der Waals surface area contributed by atoms with E-state index in [0.29, 0.717) is 30.9 Å². The number of hydrogen-bond donors (Lipinski definition) is 1. The Hall–Kier alpha value is -3.08. The summed E-state index contributed by atoms with van der Waals surface area (Å²) in [5.41, 5.74) is 0.132. The molecule has 2 aromatic rings. The van der Waals surface area contributed by atoms with Crippen molar-refractivity contribution < 1.29 is 28.3 Å². The number of benzene rings is 1. The molecule has 1 aliphatic rings. The second-order valence-corrected chi connectivity index (χ2v) is 20.3. The average molecular weight is 655 g/mol. The number of esters is 1. The minimum Gasteiger partial charge on any atom is -0.458 e. The van der Waals surface area contributed by atoms with Crippen molar-refractivity contribution in [1.29, 1.82) is 0 Å². The van der Waals surface area contributed by atoms with Gasteiger partial charge in [0.2, 0.25) is 5.91 Å². The van der Waals surface area contributed by atoms with Crippen molar-refractivity contribution in [3.8, 4) is 0 Å². The number of carbonyl (C=O) groups excluding carboxylic acids is 4. The Balaban J connectivity index is 1.65. The van der Waals surface area contributed by atoms with E-state index >= 15 is 0 Å². The number of hydrogen-bond acceptors (Lipinski definition) is 7. The molecule has 1 aromatic heterocycles. The van der Waals surface area contributed by atoms with Crippen molar-refractivity contribution in [2.75, 3.05) is 13.2 Å². The Morgan fingerprint density at radius 1 is 1.04 bits per heavy atom.